The fraction of sp³-hybridized carbons (Fsp3) is 0.286. The van der Waals surface area contributed by atoms with Crippen LogP contribution in [-0.2, 0) is 11.3 Å². The Bertz CT molecular complexity index is 1010. The van der Waals surface area contributed by atoms with Crippen molar-refractivity contribution in [2.24, 2.45) is 0 Å². The van der Waals surface area contributed by atoms with Crippen molar-refractivity contribution in [1.82, 2.24) is 9.55 Å². The van der Waals surface area contributed by atoms with Gasteiger partial charge in [-0.2, -0.15) is 4.98 Å². The van der Waals surface area contributed by atoms with E-state index in [0.717, 1.165) is 5.56 Å². The van der Waals surface area contributed by atoms with Crippen LogP contribution >= 0.6 is 0 Å². The van der Waals surface area contributed by atoms with Crippen molar-refractivity contribution in [3.8, 4) is 0 Å². The molecule has 1 aromatic heterocycles. The maximum atomic E-state index is 12.6. The van der Waals surface area contributed by atoms with Crippen LogP contribution < -0.4 is 16.3 Å². The molecule has 7 heteroatoms. The second kappa shape index (κ2) is 9.14. The number of carbonyl (C=O) groups excluding carboxylic acids is 1. The van der Waals surface area contributed by atoms with E-state index in [1.165, 1.54) is 4.57 Å². The molecule has 146 valence electrons. The van der Waals surface area contributed by atoms with Gasteiger partial charge in [-0.25, -0.2) is 9.59 Å². The molecule has 0 saturated carbocycles. The predicted molar refractivity (Wildman–Crippen MR) is 111 cm³/mol. The summed E-state index contributed by atoms with van der Waals surface area (Å²) in [6, 6.07) is 14.3. The number of amides is 2. The van der Waals surface area contributed by atoms with Crippen molar-refractivity contribution < 1.29 is 9.53 Å². The molecular formula is C21H24N4O3. The molecule has 0 aliphatic carbocycles. The Morgan fingerprint density at radius 2 is 1.86 bits per heavy atom. The van der Waals surface area contributed by atoms with Gasteiger partial charge in [0.25, 0.3) is 0 Å². The first-order chi connectivity index (χ1) is 13.6. The summed E-state index contributed by atoms with van der Waals surface area (Å²) in [5.41, 5.74) is 1.92. The summed E-state index contributed by atoms with van der Waals surface area (Å²) in [7, 11) is 0. The van der Waals surface area contributed by atoms with E-state index in [9.17, 15) is 9.59 Å². The topological polar surface area (TPSA) is 85.2 Å². The van der Waals surface area contributed by atoms with Crippen LogP contribution in [0.2, 0.25) is 0 Å². The Morgan fingerprint density at radius 1 is 1.11 bits per heavy atom. The van der Waals surface area contributed by atoms with E-state index in [2.05, 4.69) is 15.6 Å². The lowest BCUT2D eigenvalue weighted by atomic mass is 10.2. The lowest BCUT2D eigenvalue weighted by Crippen LogP contribution is -2.30. The fourth-order valence-electron chi connectivity index (χ4n) is 2.89. The third-order valence-electron chi connectivity index (χ3n) is 4.29. The van der Waals surface area contributed by atoms with Gasteiger partial charge in [0.05, 0.1) is 5.52 Å². The van der Waals surface area contributed by atoms with Gasteiger partial charge in [0.2, 0.25) is 0 Å². The number of anilines is 2. The number of rotatable bonds is 7. The van der Waals surface area contributed by atoms with Crippen LogP contribution in [0.1, 0.15) is 18.9 Å². The highest BCUT2D eigenvalue weighted by molar-refractivity contribution is 6.04. The molecule has 3 rings (SSSR count). The number of ether oxygens (including phenoxy) is 1. The highest BCUT2D eigenvalue weighted by Crippen LogP contribution is 2.20. The van der Waals surface area contributed by atoms with Gasteiger partial charge in [-0.15, -0.1) is 0 Å². The van der Waals surface area contributed by atoms with Crippen molar-refractivity contribution in [3.05, 3.63) is 64.6 Å². The number of hydrogen-bond acceptors (Lipinski definition) is 4. The molecule has 0 radical (unpaired) electrons. The number of benzene rings is 2. The van der Waals surface area contributed by atoms with Gasteiger partial charge in [0, 0.05) is 30.8 Å². The number of nitrogens with zero attached hydrogens (tertiary/aromatic N) is 2. The second-order valence-corrected chi connectivity index (χ2v) is 6.41. The summed E-state index contributed by atoms with van der Waals surface area (Å²) in [5.74, 6) is 0.428. The Balaban J connectivity index is 1.89. The first-order valence-electron chi connectivity index (χ1n) is 9.30. The van der Waals surface area contributed by atoms with Crippen LogP contribution in [-0.4, -0.2) is 28.8 Å². The Labute approximate surface area is 163 Å². The molecule has 0 aliphatic heterocycles. The van der Waals surface area contributed by atoms with Crippen LogP contribution in [0.3, 0.4) is 0 Å². The summed E-state index contributed by atoms with van der Waals surface area (Å²) in [5, 5.41) is 6.33. The van der Waals surface area contributed by atoms with E-state index in [1.807, 2.05) is 56.3 Å². The van der Waals surface area contributed by atoms with Crippen LogP contribution in [0.4, 0.5) is 16.3 Å². The zero-order valence-electron chi connectivity index (χ0n) is 16.1. The average Bonchev–Trinajstić information content (AvgIpc) is 2.68. The molecule has 2 amide bonds. The van der Waals surface area contributed by atoms with E-state index < -0.39 is 11.7 Å². The van der Waals surface area contributed by atoms with Gasteiger partial charge in [-0.05, 0) is 44.5 Å². The number of aromatic nitrogens is 2. The molecule has 0 unspecified atom stereocenters. The Kier molecular flexibility index (Phi) is 6.39. The highest BCUT2D eigenvalue weighted by atomic mass is 16.5. The minimum absolute atomic E-state index is 0.400. The first kappa shape index (κ1) is 19.6. The number of fused-ring (bicyclic) bond motifs is 1. The van der Waals surface area contributed by atoms with E-state index >= 15 is 0 Å². The standard InChI is InChI=1S/C21H24N4O3/c1-3-28-14-6-13-25-19(17-7-4-5-8-18(17)23-21(25)27)24-20(26)22-16-11-9-15(2)10-12-16/h4-5,7-12H,3,6,13-14H2,1-2H3,(H2,22,24,26). The normalized spacial score (nSPS) is 10.8. The van der Waals surface area contributed by atoms with Gasteiger partial charge >= 0.3 is 11.7 Å². The van der Waals surface area contributed by atoms with Crippen LogP contribution in [0.25, 0.3) is 10.9 Å². The zero-order valence-corrected chi connectivity index (χ0v) is 16.1. The van der Waals surface area contributed by atoms with Crippen molar-refractivity contribution in [1.29, 1.82) is 0 Å². The number of nitrogens with one attached hydrogen (secondary N) is 2. The lowest BCUT2D eigenvalue weighted by molar-refractivity contribution is 0.141. The molecule has 2 N–H and O–H groups in total. The summed E-state index contributed by atoms with van der Waals surface area (Å²) in [6.45, 7) is 5.45. The predicted octanol–water partition coefficient (Wildman–Crippen LogP) is 3.78. The lowest BCUT2D eigenvalue weighted by Gasteiger charge is -2.16. The number of aryl methyl sites for hydroxylation is 1. The molecule has 28 heavy (non-hydrogen) atoms. The number of hydrogen-bond donors (Lipinski definition) is 2. The summed E-state index contributed by atoms with van der Waals surface area (Å²) in [6.07, 6.45) is 0.641. The van der Waals surface area contributed by atoms with Crippen molar-refractivity contribution in [2.75, 3.05) is 23.8 Å². The molecule has 1 heterocycles. The number of para-hydroxylation sites is 1. The smallest absolute Gasteiger partial charge is 0.349 e. The van der Waals surface area contributed by atoms with Gasteiger partial charge in [0.1, 0.15) is 5.82 Å². The zero-order chi connectivity index (χ0) is 19.9. The number of carbonyl (C=O) groups is 1. The molecule has 0 bridgehead atoms. The molecule has 7 nitrogen and oxygen atoms in total. The summed E-state index contributed by atoms with van der Waals surface area (Å²) < 4.78 is 6.84. The molecule has 0 fully saturated rings. The minimum atomic E-state index is -0.418. The van der Waals surface area contributed by atoms with Crippen molar-refractivity contribution in [2.45, 2.75) is 26.8 Å². The minimum Gasteiger partial charge on any atom is -0.382 e. The third kappa shape index (κ3) is 4.75. The molecule has 0 spiro atoms. The van der Waals surface area contributed by atoms with E-state index in [1.54, 1.807) is 6.07 Å². The second-order valence-electron chi connectivity index (χ2n) is 6.41. The molecule has 0 aliphatic rings. The third-order valence-corrected chi connectivity index (χ3v) is 4.29. The summed E-state index contributed by atoms with van der Waals surface area (Å²) in [4.78, 5) is 29.2. The van der Waals surface area contributed by atoms with Gasteiger partial charge in [0.15, 0.2) is 0 Å². The molecule has 0 atom stereocenters. The van der Waals surface area contributed by atoms with Gasteiger partial charge in [-0.3, -0.25) is 9.88 Å². The van der Waals surface area contributed by atoms with Gasteiger partial charge < -0.3 is 10.1 Å². The van der Waals surface area contributed by atoms with E-state index in [0.29, 0.717) is 48.6 Å². The summed E-state index contributed by atoms with van der Waals surface area (Å²) >= 11 is 0. The molecule has 0 saturated heterocycles. The largest absolute Gasteiger partial charge is 0.382 e. The van der Waals surface area contributed by atoms with E-state index in [4.69, 9.17) is 4.74 Å². The van der Waals surface area contributed by atoms with Crippen LogP contribution in [0.15, 0.2) is 53.3 Å². The highest BCUT2D eigenvalue weighted by Gasteiger charge is 2.14. The van der Waals surface area contributed by atoms with E-state index in [-0.39, 0.29) is 0 Å². The maximum Gasteiger partial charge on any atom is 0.349 e. The Morgan fingerprint density at radius 3 is 2.61 bits per heavy atom. The SMILES string of the molecule is CCOCCCn1c(NC(=O)Nc2ccc(C)cc2)c2ccccc2nc1=O. The Hall–Kier alpha value is -3.19. The maximum absolute atomic E-state index is 12.6. The van der Waals surface area contributed by atoms with Crippen molar-refractivity contribution >= 4 is 28.4 Å². The van der Waals surface area contributed by atoms with Crippen molar-refractivity contribution in [3.63, 3.8) is 0 Å². The molecule has 3 aromatic rings. The number of urea groups is 1. The molecule has 2 aromatic carbocycles. The van der Waals surface area contributed by atoms with Gasteiger partial charge in [-0.1, -0.05) is 29.8 Å². The fourth-order valence-corrected chi connectivity index (χ4v) is 2.89. The first-order valence-corrected chi connectivity index (χ1v) is 9.30. The quantitative estimate of drug-likeness (QED) is 0.611. The molecular weight excluding hydrogens is 356 g/mol. The van der Waals surface area contributed by atoms with Crippen LogP contribution in [0.5, 0.6) is 0 Å². The van der Waals surface area contributed by atoms with Crippen LogP contribution in [0, 0.1) is 6.92 Å². The monoisotopic (exact) mass is 380 g/mol. The average molecular weight is 380 g/mol.